The zero-order valence-corrected chi connectivity index (χ0v) is 15.7. The van der Waals surface area contributed by atoms with Crippen LogP contribution in [0.2, 0.25) is 0 Å². The molecule has 2 aromatic rings. The number of piperidine rings is 1. The number of aromatic nitrogens is 2. The van der Waals surface area contributed by atoms with Gasteiger partial charge in [-0.3, -0.25) is 4.90 Å². The molecule has 2 aliphatic heterocycles. The Balaban J connectivity index is 1.26. The maximum absolute atomic E-state index is 5.06. The number of hydrogen-bond acceptors (Lipinski definition) is 6. The summed E-state index contributed by atoms with van der Waals surface area (Å²) in [6.07, 6.45) is 4.07. The van der Waals surface area contributed by atoms with Crippen molar-refractivity contribution >= 4 is 5.69 Å². The largest absolute Gasteiger partial charge is 0.369 e. The number of aryl methyl sites for hydroxylation is 1. The molecular weight excluding hydrogens is 326 g/mol. The van der Waals surface area contributed by atoms with E-state index in [0.717, 1.165) is 37.7 Å². The second-order valence-corrected chi connectivity index (χ2v) is 7.49. The standard InChI is InChI=1S/C20H29N5O/c1-16-22-20(23-26-16)18-2-4-19(5-3-18)25-14-12-24(13-15-25)11-8-17-6-9-21-10-7-17/h2-5,17,21H,6-15H2,1H3. The van der Waals surface area contributed by atoms with Gasteiger partial charge in [-0.05, 0) is 69.1 Å². The minimum atomic E-state index is 0.602. The molecule has 0 unspecified atom stereocenters. The number of rotatable bonds is 5. The van der Waals surface area contributed by atoms with Crippen LogP contribution in [0.25, 0.3) is 11.4 Å². The van der Waals surface area contributed by atoms with Crippen molar-refractivity contribution in [2.24, 2.45) is 5.92 Å². The Hall–Kier alpha value is -1.92. The quantitative estimate of drug-likeness (QED) is 0.890. The monoisotopic (exact) mass is 355 g/mol. The fourth-order valence-corrected chi connectivity index (χ4v) is 4.00. The normalized spacial score (nSPS) is 19.8. The van der Waals surface area contributed by atoms with E-state index >= 15 is 0 Å². The number of nitrogens with zero attached hydrogens (tertiary/aromatic N) is 4. The summed E-state index contributed by atoms with van der Waals surface area (Å²) in [7, 11) is 0. The number of benzene rings is 1. The van der Waals surface area contributed by atoms with E-state index in [4.69, 9.17) is 4.52 Å². The van der Waals surface area contributed by atoms with Crippen LogP contribution in [0.5, 0.6) is 0 Å². The lowest BCUT2D eigenvalue weighted by molar-refractivity contribution is 0.224. The van der Waals surface area contributed by atoms with Gasteiger partial charge in [-0.25, -0.2) is 0 Å². The number of piperazine rings is 1. The van der Waals surface area contributed by atoms with E-state index in [-0.39, 0.29) is 0 Å². The molecule has 0 saturated carbocycles. The smallest absolute Gasteiger partial charge is 0.223 e. The second kappa shape index (κ2) is 8.18. The first kappa shape index (κ1) is 17.5. The zero-order chi connectivity index (χ0) is 17.8. The molecule has 2 aliphatic rings. The first-order valence-corrected chi connectivity index (χ1v) is 9.87. The van der Waals surface area contributed by atoms with E-state index in [1.54, 1.807) is 0 Å². The van der Waals surface area contributed by atoms with Gasteiger partial charge in [0, 0.05) is 44.4 Å². The highest BCUT2D eigenvalue weighted by atomic mass is 16.5. The topological polar surface area (TPSA) is 57.4 Å². The van der Waals surface area contributed by atoms with Gasteiger partial charge >= 0.3 is 0 Å². The molecule has 6 heteroatoms. The highest BCUT2D eigenvalue weighted by molar-refractivity contribution is 5.60. The van der Waals surface area contributed by atoms with Crippen molar-refractivity contribution in [3.05, 3.63) is 30.2 Å². The maximum Gasteiger partial charge on any atom is 0.223 e. The molecule has 1 aromatic heterocycles. The van der Waals surface area contributed by atoms with Gasteiger partial charge in [0.2, 0.25) is 11.7 Å². The van der Waals surface area contributed by atoms with E-state index in [1.165, 1.54) is 44.6 Å². The lowest BCUT2D eigenvalue weighted by atomic mass is 9.94. The van der Waals surface area contributed by atoms with E-state index in [2.05, 4.69) is 49.5 Å². The van der Waals surface area contributed by atoms with Gasteiger partial charge in [-0.2, -0.15) is 4.98 Å². The van der Waals surface area contributed by atoms with Crippen molar-refractivity contribution in [3.63, 3.8) is 0 Å². The summed E-state index contributed by atoms with van der Waals surface area (Å²) in [5.74, 6) is 2.19. The molecule has 3 heterocycles. The Bertz CT molecular complexity index is 684. The molecule has 2 saturated heterocycles. The molecule has 6 nitrogen and oxygen atoms in total. The molecule has 0 aliphatic carbocycles. The summed E-state index contributed by atoms with van der Waals surface area (Å²) in [6, 6.07) is 8.52. The van der Waals surface area contributed by atoms with Crippen LogP contribution in [-0.2, 0) is 0 Å². The maximum atomic E-state index is 5.06. The highest BCUT2D eigenvalue weighted by Crippen LogP contribution is 2.23. The van der Waals surface area contributed by atoms with Crippen molar-refractivity contribution < 1.29 is 4.52 Å². The second-order valence-electron chi connectivity index (χ2n) is 7.49. The van der Waals surface area contributed by atoms with Crippen LogP contribution in [0.3, 0.4) is 0 Å². The number of nitrogens with one attached hydrogen (secondary N) is 1. The summed E-state index contributed by atoms with van der Waals surface area (Å²) in [5, 5.41) is 7.45. The molecule has 0 amide bonds. The molecule has 1 aromatic carbocycles. The van der Waals surface area contributed by atoms with Gasteiger partial charge in [-0.1, -0.05) is 5.16 Å². The summed E-state index contributed by atoms with van der Waals surface area (Å²) in [6.45, 7) is 10.0. The van der Waals surface area contributed by atoms with Crippen molar-refractivity contribution in [3.8, 4) is 11.4 Å². The summed E-state index contributed by atoms with van der Waals surface area (Å²) >= 11 is 0. The van der Waals surface area contributed by atoms with Gasteiger partial charge < -0.3 is 14.7 Å². The van der Waals surface area contributed by atoms with Gasteiger partial charge in [0.1, 0.15) is 0 Å². The van der Waals surface area contributed by atoms with Crippen LogP contribution in [0.15, 0.2) is 28.8 Å². The van der Waals surface area contributed by atoms with Gasteiger partial charge in [-0.15, -0.1) is 0 Å². The van der Waals surface area contributed by atoms with Gasteiger partial charge in [0.05, 0.1) is 0 Å². The van der Waals surface area contributed by atoms with E-state index in [0.29, 0.717) is 11.7 Å². The summed E-state index contributed by atoms with van der Waals surface area (Å²) in [4.78, 5) is 9.40. The van der Waals surface area contributed by atoms with Gasteiger partial charge in [0.15, 0.2) is 0 Å². The molecule has 0 atom stereocenters. The third-order valence-corrected chi connectivity index (χ3v) is 5.70. The van der Waals surface area contributed by atoms with Crippen molar-refractivity contribution in [1.29, 1.82) is 0 Å². The van der Waals surface area contributed by atoms with Gasteiger partial charge in [0.25, 0.3) is 0 Å². The first-order valence-electron chi connectivity index (χ1n) is 9.87. The predicted octanol–water partition coefficient (Wildman–Crippen LogP) is 2.56. The fourth-order valence-electron chi connectivity index (χ4n) is 4.00. The molecule has 26 heavy (non-hydrogen) atoms. The Morgan fingerprint density at radius 3 is 2.46 bits per heavy atom. The highest BCUT2D eigenvalue weighted by Gasteiger charge is 2.19. The molecular formula is C20H29N5O. The van der Waals surface area contributed by atoms with Crippen LogP contribution >= 0.6 is 0 Å². The molecule has 0 bridgehead atoms. The third kappa shape index (κ3) is 4.24. The van der Waals surface area contributed by atoms with Crippen LogP contribution in [-0.4, -0.2) is 60.9 Å². The molecule has 0 radical (unpaired) electrons. The van der Waals surface area contributed by atoms with E-state index in [1.807, 2.05) is 6.92 Å². The van der Waals surface area contributed by atoms with Crippen molar-refractivity contribution in [2.75, 3.05) is 50.7 Å². The number of hydrogen-bond donors (Lipinski definition) is 1. The SMILES string of the molecule is Cc1nc(-c2ccc(N3CCN(CCC4CCNCC4)CC3)cc2)no1. The lowest BCUT2D eigenvalue weighted by Gasteiger charge is -2.37. The van der Waals surface area contributed by atoms with Crippen LogP contribution in [0.4, 0.5) is 5.69 Å². The van der Waals surface area contributed by atoms with Crippen LogP contribution in [0, 0.1) is 12.8 Å². The predicted molar refractivity (Wildman–Crippen MR) is 103 cm³/mol. The fraction of sp³-hybridized carbons (Fsp3) is 0.600. The Labute approximate surface area is 155 Å². The van der Waals surface area contributed by atoms with Crippen molar-refractivity contribution in [2.45, 2.75) is 26.2 Å². The van der Waals surface area contributed by atoms with E-state index in [9.17, 15) is 0 Å². The van der Waals surface area contributed by atoms with E-state index < -0.39 is 0 Å². The Kier molecular flexibility index (Phi) is 5.51. The molecule has 0 spiro atoms. The lowest BCUT2D eigenvalue weighted by Crippen LogP contribution is -2.47. The molecule has 1 N–H and O–H groups in total. The average Bonchev–Trinajstić information content (AvgIpc) is 3.14. The third-order valence-electron chi connectivity index (χ3n) is 5.70. The molecule has 4 rings (SSSR count). The molecule has 140 valence electrons. The Morgan fingerprint density at radius 2 is 1.81 bits per heavy atom. The first-order chi connectivity index (χ1) is 12.8. The Morgan fingerprint density at radius 1 is 1.08 bits per heavy atom. The number of anilines is 1. The van der Waals surface area contributed by atoms with Crippen molar-refractivity contribution in [1.82, 2.24) is 20.4 Å². The summed E-state index contributed by atoms with van der Waals surface area (Å²) in [5.41, 5.74) is 2.29. The average molecular weight is 355 g/mol. The molecule has 2 fully saturated rings. The summed E-state index contributed by atoms with van der Waals surface area (Å²) < 4.78 is 5.06. The minimum Gasteiger partial charge on any atom is -0.369 e. The van der Waals surface area contributed by atoms with Crippen LogP contribution < -0.4 is 10.2 Å². The zero-order valence-electron chi connectivity index (χ0n) is 15.7. The minimum absolute atomic E-state index is 0.602. The van der Waals surface area contributed by atoms with Crippen LogP contribution in [0.1, 0.15) is 25.2 Å².